The van der Waals surface area contributed by atoms with Gasteiger partial charge < -0.3 is 54.3 Å². The molecule has 2 aliphatic heterocycles. The Hall–Kier alpha value is -2.46. The van der Waals surface area contributed by atoms with Crippen molar-refractivity contribution in [3.8, 4) is 0 Å². The molecule has 9 atom stereocenters. The Morgan fingerprint density at radius 3 is 1.49 bits per heavy atom. The van der Waals surface area contributed by atoms with Gasteiger partial charge in [0.15, 0.2) is 12.4 Å². The molecule has 0 aromatic rings. The zero-order valence-electron chi connectivity index (χ0n) is 37.4. The molecule has 2 rings (SSSR count). The number of rotatable bonds is 35. The molecule has 0 aromatic heterocycles. The van der Waals surface area contributed by atoms with E-state index < -0.39 is 86.6 Å². The van der Waals surface area contributed by atoms with Crippen LogP contribution in [-0.4, -0.2) is 117 Å². The maximum absolute atomic E-state index is 13.2. The summed E-state index contributed by atoms with van der Waals surface area (Å²) >= 11 is 0. The molecular weight excluding hydrogens is 785 g/mol. The van der Waals surface area contributed by atoms with Gasteiger partial charge in [-0.15, -0.1) is 0 Å². The second-order valence-electron chi connectivity index (χ2n) is 16.5. The molecule has 0 spiro atoms. The Balaban J connectivity index is 1.91. The molecular formula is C48H82O13. The van der Waals surface area contributed by atoms with Crippen LogP contribution in [0.3, 0.4) is 0 Å². The van der Waals surface area contributed by atoms with Gasteiger partial charge in [0, 0.05) is 12.8 Å². The molecule has 0 bridgehead atoms. The maximum Gasteiger partial charge on any atom is 0.306 e. The molecule has 2 aliphatic rings. The third-order valence-corrected chi connectivity index (χ3v) is 11.2. The lowest BCUT2D eigenvalue weighted by Gasteiger charge is -2.43. The Morgan fingerprint density at radius 1 is 0.541 bits per heavy atom. The first-order valence-electron chi connectivity index (χ1n) is 23.5. The van der Waals surface area contributed by atoms with Crippen molar-refractivity contribution >= 4 is 11.9 Å². The lowest BCUT2D eigenvalue weighted by Crippen LogP contribution is -2.63. The van der Waals surface area contributed by atoms with Gasteiger partial charge in [-0.25, -0.2) is 0 Å². The molecule has 2 heterocycles. The van der Waals surface area contributed by atoms with Crippen LogP contribution >= 0.6 is 0 Å². The summed E-state index contributed by atoms with van der Waals surface area (Å²) < 4.78 is 28.8. The minimum atomic E-state index is -2.29. The first-order valence-corrected chi connectivity index (χ1v) is 23.5. The third-order valence-electron chi connectivity index (χ3n) is 11.2. The fraction of sp³-hybridized carbons (Fsp3) is 0.792. The molecule has 0 aliphatic carbocycles. The number of ether oxygens (including phenoxy) is 5. The van der Waals surface area contributed by atoms with E-state index in [0.717, 1.165) is 89.9 Å². The van der Waals surface area contributed by atoms with E-state index >= 15 is 0 Å². The number of carbonyl (C=O) groups excluding carboxylic acids is 2. The summed E-state index contributed by atoms with van der Waals surface area (Å²) in [6.45, 7) is 2.22. The molecule has 13 nitrogen and oxygen atoms in total. The number of hydrogen-bond acceptors (Lipinski definition) is 13. The lowest BCUT2D eigenvalue weighted by atomic mass is 9.99. The minimum absolute atomic E-state index is 0.0141. The molecule has 0 aromatic carbocycles. The molecule has 352 valence electrons. The highest BCUT2D eigenvalue weighted by Gasteiger charge is 2.61. The van der Waals surface area contributed by atoms with E-state index in [-0.39, 0.29) is 12.8 Å². The van der Waals surface area contributed by atoms with E-state index in [1.165, 1.54) is 38.5 Å². The standard InChI is InChI=1S/C48H82O13/c1-3-5-7-9-11-13-15-17-19-21-23-25-27-29-31-33-40(51)57-37-48(61-47-45(56)44(55)42(53)38(35-49)58-47)46(43(54)39(36-50)60-48)59-41(52)34-32-30-28-26-24-22-20-18-16-14-12-10-8-6-4-2/h11-14,17-20,38-39,42-47,49-50,53-56H,3-10,15-16,21-37H2,1-2H3/b13-11-,14-12-,19-17-,20-18-/t38-,39-,42-,43-,44+,45-,46+,47-,48+/m1/s1. The molecule has 0 radical (unpaired) electrons. The van der Waals surface area contributed by atoms with Crippen LogP contribution in [-0.2, 0) is 33.3 Å². The Kier molecular flexibility index (Phi) is 30.5. The van der Waals surface area contributed by atoms with Gasteiger partial charge in [0.1, 0.15) is 43.2 Å². The van der Waals surface area contributed by atoms with Crippen LogP contribution in [0.5, 0.6) is 0 Å². The predicted octanol–water partition coefficient (Wildman–Crippen LogP) is 7.33. The average Bonchev–Trinajstić information content (AvgIpc) is 3.51. The topological polar surface area (TPSA) is 202 Å². The van der Waals surface area contributed by atoms with E-state index in [1.807, 2.05) is 0 Å². The molecule has 6 N–H and O–H groups in total. The monoisotopic (exact) mass is 867 g/mol. The van der Waals surface area contributed by atoms with Gasteiger partial charge in [0.25, 0.3) is 0 Å². The van der Waals surface area contributed by atoms with Crippen molar-refractivity contribution in [2.45, 2.75) is 223 Å². The summed E-state index contributed by atoms with van der Waals surface area (Å²) in [6, 6.07) is 0. The van der Waals surface area contributed by atoms with Gasteiger partial charge in [-0.2, -0.15) is 0 Å². The van der Waals surface area contributed by atoms with E-state index in [4.69, 9.17) is 23.7 Å². The van der Waals surface area contributed by atoms with Crippen LogP contribution in [0, 0.1) is 0 Å². The smallest absolute Gasteiger partial charge is 0.306 e. The largest absolute Gasteiger partial charge is 0.460 e. The van der Waals surface area contributed by atoms with Gasteiger partial charge in [0.05, 0.1) is 13.2 Å². The van der Waals surface area contributed by atoms with E-state index in [0.29, 0.717) is 12.8 Å². The quantitative estimate of drug-likeness (QED) is 0.0210. The normalized spacial score (nSPS) is 27.0. The molecule has 0 unspecified atom stereocenters. The number of esters is 2. The molecule has 0 amide bonds. The van der Waals surface area contributed by atoms with E-state index in [2.05, 4.69) is 62.5 Å². The van der Waals surface area contributed by atoms with Crippen molar-refractivity contribution in [3.05, 3.63) is 48.6 Å². The lowest BCUT2D eigenvalue weighted by molar-refractivity contribution is -0.384. The molecule has 13 heteroatoms. The Morgan fingerprint density at radius 2 is 1.00 bits per heavy atom. The van der Waals surface area contributed by atoms with Crippen LogP contribution < -0.4 is 0 Å². The number of hydrogen-bond donors (Lipinski definition) is 6. The molecule has 2 fully saturated rings. The summed E-state index contributed by atoms with van der Waals surface area (Å²) in [7, 11) is 0. The molecule has 2 saturated heterocycles. The van der Waals surface area contributed by atoms with Crippen molar-refractivity contribution in [1.29, 1.82) is 0 Å². The second-order valence-corrected chi connectivity index (χ2v) is 16.5. The summed E-state index contributed by atoms with van der Waals surface area (Å²) in [5, 5.41) is 62.6. The van der Waals surface area contributed by atoms with Gasteiger partial charge >= 0.3 is 11.9 Å². The van der Waals surface area contributed by atoms with Crippen LogP contribution in [0.1, 0.15) is 168 Å². The fourth-order valence-electron chi connectivity index (χ4n) is 7.37. The molecule has 61 heavy (non-hydrogen) atoms. The maximum atomic E-state index is 13.2. The third kappa shape index (κ3) is 22.1. The van der Waals surface area contributed by atoms with Crippen molar-refractivity contribution < 1.29 is 63.9 Å². The van der Waals surface area contributed by atoms with Gasteiger partial charge in [-0.05, 0) is 77.0 Å². The second kappa shape index (κ2) is 34.0. The number of aliphatic hydroxyl groups is 6. The number of carbonyl (C=O) groups is 2. The van der Waals surface area contributed by atoms with Crippen LogP contribution in [0.2, 0.25) is 0 Å². The van der Waals surface area contributed by atoms with Crippen molar-refractivity contribution in [3.63, 3.8) is 0 Å². The fourth-order valence-corrected chi connectivity index (χ4v) is 7.37. The first kappa shape index (κ1) is 54.7. The van der Waals surface area contributed by atoms with Crippen molar-refractivity contribution in [1.82, 2.24) is 0 Å². The van der Waals surface area contributed by atoms with Gasteiger partial charge in [-0.1, -0.05) is 127 Å². The SMILES string of the molecule is CCCCC/C=C\C/C=C\CCCCCCCC(=O)OC[C@@]1(O[C@H]2O[C@H](CO)[C@@H](O)[C@H](O)[C@H]2O)O[C@H](CO)[C@@H](O)[C@@H]1OC(=O)CCCCCCC/C=C\C/C=C\CCCCC. The first-order chi connectivity index (χ1) is 29.6. The van der Waals surface area contributed by atoms with Gasteiger partial charge in [0.2, 0.25) is 5.79 Å². The Bertz CT molecular complexity index is 1250. The Labute approximate surface area is 366 Å². The summed E-state index contributed by atoms with van der Waals surface area (Å²) in [5.74, 6) is -3.58. The number of aliphatic hydroxyl groups excluding tert-OH is 6. The number of allylic oxidation sites excluding steroid dienone is 8. The van der Waals surface area contributed by atoms with Gasteiger partial charge in [-0.3, -0.25) is 9.59 Å². The van der Waals surface area contributed by atoms with Crippen LogP contribution in [0.15, 0.2) is 48.6 Å². The van der Waals surface area contributed by atoms with E-state index in [9.17, 15) is 40.2 Å². The highest BCUT2D eigenvalue weighted by atomic mass is 16.8. The van der Waals surface area contributed by atoms with Crippen molar-refractivity contribution in [2.75, 3.05) is 19.8 Å². The summed E-state index contributed by atoms with van der Waals surface area (Å²) in [6.07, 6.45) is 27.0. The highest BCUT2D eigenvalue weighted by molar-refractivity contribution is 5.70. The summed E-state index contributed by atoms with van der Waals surface area (Å²) in [4.78, 5) is 26.2. The average molecular weight is 867 g/mol. The zero-order chi connectivity index (χ0) is 44.6. The van der Waals surface area contributed by atoms with Crippen molar-refractivity contribution in [2.24, 2.45) is 0 Å². The highest BCUT2D eigenvalue weighted by Crippen LogP contribution is 2.39. The van der Waals surface area contributed by atoms with Crippen LogP contribution in [0.25, 0.3) is 0 Å². The summed E-state index contributed by atoms with van der Waals surface area (Å²) in [5.41, 5.74) is 0. The van der Waals surface area contributed by atoms with Crippen LogP contribution in [0.4, 0.5) is 0 Å². The van der Waals surface area contributed by atoms with E-state index in [1.54, 1.807) is 0 Å². The zero-order valence-corrected chi connectivity index (χ0v) is 37.4. The predicted molar refractivity (Wildman–Crippen MR) is 235 cm³/mol. The molecule has 0 saturated carbocycles. The minimum Gasteiger partial charge on any atom is -0.460 e. The number of unbranched alkanes of at least 4 members (excludes halogenated alkanes) is 16.